The summed E-state index contributed by atoms with van der Waals surface area (Å²) in [4.78, 5) is 0. The van der Waals surface area contributed by atoms with E-state index in [1.165, 1.54) is 101 Å². The first-order chi connectivity index (χ1) is 17.0. The zero-order valence-electron chi connectivity index (χ0n) is 28.3. The molecule has 0 bridgehead atoms. The molecule has 0 aliphatic heterocycles. The summed E-state index contributed by atoms with van der Waals surface area (Å²) >= 11 is 5.73. The average molecular weight is 606 g/mol. The number of hydrogen-bond acceptors (Lipinski definition) is 1. The van der Waals surface area contributed by atoms with Gasteiger partial charge in [-0.1, -0.05) is 151 Å². The molecular formula is C35H73BrS. The Labute approximate surface area is 250 Å². The van der Waals surface area contributed by atoms with E-state index < -0.39 is 0 Å². The van der Waals surface area contributed by atoms with Crippen molar-refractivity contribution < 1.29 is 0 Å². The molecule has 2 heteroatoms. The number of unbranched alkanes of at least 4 members (excludes halogenated alkanes) is 6. The lowest BCUT2D eigenvalue weighted by molar-refractivity contribution is 0.139. The van der Waals surface area contributed by atoms with Crippen LogP contribution in [0, 0.1) is 28.1 Å². The molecule has 226 valence electrons. The van der Waals surface area contributed by atoms with Crippen LogP contribution in [-0.4, -0.2) is 15.8 Å². The van der Waals surface area contributed by atoms with Crippen molar-refractivity contribution in [2.24, 2.45) is 28.1 Å². The molecule has 0 fully saturated rings. The SMILES string of the molecule is CC.CC(CCC(C)(C)CC(C)(C)CCC(C)(C)C)C(CCCCCCCCCBr)CCSC(C)(C)C. The second kappa shape index (κ2) is 20.7. The molecule has 0 saturated carbocycles. The fourth-order valence-corrected chi connectivity index (χ4v) is 7.08. The highest BCUT2D eigenvalue weighted by Gasteiger charge is 2.31. The fourth-order valence-electron chi connectivity index (χ4n) is 5.65. The molecule has 2 unspecified atom stereocenters. The summed E-state index contributed by atoms with van der Waals surface area (Å²) in [6.07, 6.45) is 19.6. The Morgan fingerprint density at radius 1 is 0.595 bits per heavy atom. The molecule has 0 N–H and O–H groups in total. The van der Waals surface area contributed by atoms with Crippen molar-refractivity contribution in [1.82, 2.24) is 0 Å². The van der Waals surface area contributed by atoms with Crippen molar-refractivity contribution in [3.8, 4) is 0 Å². The first-order valence-electron chi connectivity index (χ1n) is 16.2. The third-order valence-electron chi connectivity index (χ3n) is 7.82. The van der Waals surface area contributed by atoms with E-state index in [1.807, 2.05) is 13.8 Å². The molecule has 0 aromatic carbocycles. The van der Waals surface area contributed by atoms with Gasteiger partial charge in [-0.25, -0.2) is 0 Å². The lowest BCUT2D eigenvalue weighted by atomic mass is 9.68. The first-order valence-corrected chi connectivity index (χ1v) is 18.3. The van der Waals surface area contributed by atoms with E-state index in [2.05, 4.69) is 104 Å². The highest BCUT2D eigenvalue weighted by Crippen LogP contribution is 2.43. The van der Waals surface area contributed by atoms with Gasteiger partial charge in [-0.3, -0.25) is 0 Å². The van der Waals surface area contributed by atoms with Crippen LogP contribution in [0.2, 0.25) is 0 Å². The molecule has 0 saturated heterocycles. The average Bonchev–Trinajstić information content (AvgIpc) is 2.76. The molecule has 0 nitrogen and oxygen atoms in total. The zero-order chi connectivity index (χ0) is 29.2. The number of alkyl halides is 1. The monoisotopic (exact) mass is 604 g/mol. The van der Waals surface area contributed by atoms with Gasteiger partial charge in [-0.05, 0) is 78.8 Å². The summed E-state index contributed by atoms with van der Waals surface area (Å²) in [7, 11) is 0. The van der Waals surface area contributed by atoms with Crippen molar-refractivity contribution in [3.63, 3.8) is 0 Å². The van der Waals surface area contributed by atoms with Crippen molar-refractivity contribution in [1.29, 1.82) is 0 Å². The van der Waals surface area contributed by atoms with Crippen LogP contribution in [0.4, 0.5) is 0 Å². The van der Waals surface area contributed by atoms with E-state index in [0.29, 0.717) is 21.0 Å². The van der Waals surface area contributed by atoms with Crippen molar-refractivity contribution >= 4 is 27.7 Å². The second-order valence-electron chi connectivity index (χ2n) is 15.5. The van der Waals surface area contributed by atoms with E-state index >= 15 is 0 Å². The van der Waals surface area contributed by atoms with E-state index in [0.717, 1.165) is 11.8 Å². The lowest BCUT2D eigenvalue weighted by Gasteiger charge is -2.38. The van der Waals surface area contributed by atoms with E-state index in [1.54, 1.807) is 0 Å². The van der Waals surface area contributed by atoms with Gasteiger partial charge in [0.15, 0.2) is 0 Å². The van der Waals surface area contributed by atoms with Crippen molar-refractivity contribution in [3.05, 3.63) is 0 Å². The minimum atomic E-state index is 0.392. The largest absolute Gasteiger partial charge is 0.156 e. The van der Waals surface area contributed by atoms with Gasteiger partial charge in [0.1, 0.15) is 0 Å². The third-order valence-corrected chi connectivity index (χ3v) is 9.69. The molecule has 37 heavy (non-hydrogen) atoms. The summed E-state index contributed by atoms with van der Waals surface area (Å²) in [5.74, 6) is 3.09. The Morgan fingerprint density at radius 2 is 1.08 bits per heavy atom. The van der Waals surface area contributed by atoms with Gasteiger partial charge in [-0.2, -0.15) is 11.8 Å². The van der Waals surface area contributed by atoms with Gasteiger partial charge in [0.05, 0.1) is 0 Å². The van der Waals surface area contributed by atoms with Gasteiger partial charge in [0, 0.05) is 10.1 Å². The van der Waals surface area contributed by atoms with Crippen LogP contribution in [0.15, 0.2) is 0 Å². The third kappa shape index (κ3) is 26.8. The summed E-state index contributed by atoms with van der Waals surface area (Å²) < 4.78 is 0.392. The number of rotatable bonds is 20. The molecular weight excluding hydrogens is 532 g/mol. The maximum Gasteiger partial charge on any atom is 0.00750 e. The summed E-state index contributed by atoms with van der Waals surface area (Å²) in [6, 6.07) is 0. The Hall–Kier alpha value is 0.830. The first kappa shape index (κ1) is 40.0. The Kier molecular flexibility index (Phi) is 22.3. The Balaban J connectivity index is 0. The normalized spacial score (nSPS) is 14.8. The van der Waals surface area contributed by atoms with Crippen molar-refractivity contribution in [2.45, 2.75) is 185 Å². The Bertz CT molecular complexity index is 508. The predicted molar refractivity (Wildman–Crippen MR) is 182 cm³/mol. The molecule has 0 heterocycles. The smallest absolute Gasteiger partial charge is 0.00750 e. The minimum absolute atomic E-state index is 0.392. The van der Waals surface area contributed by atoms with Crippen LogP contribution in [0.3, 0.4) is 0 Å². The zero-order valence-corrected chi connectivity index (χ0v) is 30.7. The van der Waals surface area contributed by atoms with E-state index in [9.17, 15) is 0 Å². The van der Waals surface area contributed by atoms with Crippen LogP contribution < -0.4 is 0 Å². The minimum Gasteiger partial charge on any atom is -0.156 e. The van der Waals surface area contributed by atoms with Gasteiger partial charge < -0.3 is 0 Å². The molecule has 0 rings (SSSR count). The van der Waals surface area contributed by atoms with Gasteiger partial charge >= 0.3 is 0 Å². The molecule has 0 aromatic heterocycles. The lowest BCUT2D eigenvalue weighted by Crippen LogP contribution is -2.26. The van der Waals surface area contributed by atoms with Gasteiger partial charge in [-0.15, -0.1) is 0 Å². The quantitative estimate of drug-likeness (QED) is 0.0982. The van der Waals surface area contributed by atoms with Crippen LogP contribution in [0.5, 0.6) is 0 Å². The summed E-state index contributed by atoms with van der Waals surface area (Å²) in [5, 5.41) is 1.17. The fraction of sp³-hybridized carbons (Fsp3) is 1.00. The molecule has 0 aliphatic rings. The van der Waals surface area contributed by atoms with Crippen LogP contribution in [-0.2, 0) is 0 Å². The van der Waals surface area contributed by atoms with Crippen molar-refractivity contribution in [2.75, 3.05) is 11.1 Å². The highest BCUT2D eigenvalue weighted by atomic mass is 79.9. The van der Waals surface area contributed by atoms with Crippen LogP contribution in [0.25, 0.3) is 0 Å². The Morgan fingerprint density at radius 3 is 1.57 bits per heavy atom. The van der Waals surface area contributed by atoms with E-state index in [-0.39, 0.29) is 0 Å². The van der Waals surface area contributed by atoms with Crippen LogP contribution in [0.1, 0.15) is 180 Å². The summed E-state index contributed by atoms with van der Waals surface area (Å²) in [5.41, 5.74) is 1.33. The molecule has 0 radical (unpaired) electrons. The molecule has 0 amide bonds. The summed E-state index contributed by atoms with van der Waals surface area (Å²) in [6.45, 7) is 31.0. The maximum absolute atomic E-state index is 3.56. The number of hydrogen-bond donors (Lipinski definition) is 0. The predicted octanol–water partition coefficient (Wildman–Crippen LogP) is 13.8. The number of halogens is 1. The molecule has 0 spiro atoms. The van der Waals surface area contributed by atoms with Gasteiger partial charge in [0.25, 0.3) is 0 Å². The number of thioether (sulfide) groups is 1. The molecule has 2 atom stereocenters. The molecule has 0 aromatic rings. The van der Waals surface area contributed by atoms with Gasteiger partial charge in [0.2, 0.25) is 0 Å². The standard InChI is InChI=1S/C33H67BrS.C2H6/c1-28(20-22-32(8,9)27-33(10,11)24-23-30(2,3)4)29(21-26-35-31(5,6)7)19-17-15-13-12-14-16-18-25-34;1-2/h28-29H,12-27H2,1-11H3;1-2H3. The maximum atomic E-state index is 3.56. The topological polar surface area (TPSA) is 0 Å². The van der Waals surface area contributed by atoms with E-state index in [4.69, 9.17) is 0 Å². The highest BCUT2D eigenvalue weighted by molar-refractivity contribution is 9.09. The van der Waals surface area contributed by atoms with Crippen LogP contribution >= 0.6 is 27.7 Å². The molecule has 0 aliphatic carbocycles. The second-order valence-corrected chi connectivity index (χ2v) is 18.3.